The maximum atomic E-state index is 14.0. The van der Waals surface area contributed by atoms with Crippen molar-refractivity contribution in [3.63, 3.8) is 0 Å². The lowest BCUT2D eigenvalue weighted by molar-refractivity contribution is 0.409. The van der Waals surface area contributed by atoms with Gasteiger partial charge in [-0.25, -0.2) is 22.1 Å². The van der Waals surface area contributed by atoms with Crippen LogP contribution in [-0.2, 0) is 16.4 Å². The molecule has 2 rings (SSSR count). The Balaban J connectivity index is 2.15. The van der Waals surface area contributed by atoms with Crippen LogP contribution in [0.4, 0.5) is 4.39 Å². The molecule has 0 fully saturated rings. The number of hydrogen-bond acceptors (Lipinski definition) is 5. The number of halogens is 1. The molecule has 2 aromatic rings. The minimum atomic E-state index is -3.88. The van der Waals surface area contributed by atoms with Crippen molar-refractivity contribution >= 4 is 21.4 Å². The van der Waals surface area contributed by atoms with Gasteiger partial charge in [-0.15, -0.1) is 11.3 Å². The van der Waals surface area contributed by atoms with Gasteiger partial charge in [0.1, 0.15) is 16.5 Å². The van der Waals surface area contributed by atoms with Gasteiger partial charge in [-0.3, -0.25) is 0 Å². The van der Waals surface area contributed by atoms with Crippen molar-refractivity contribution in [2.24, 2.45) is 0 Å². The van der Waals surface area contributed by atoms with E-state index in [1.165, 1.54) is 37.6 Å². The highest BCUT2D eigenvalue weighted by molar-refractivity contribution is 7.89. The van der Waals surface area contributed by atoms with E-state index in [4.69, 9.17) is 4.74 Å². The summed E-state index contributed by atoms with van der Waals surface area (Å²) in [5.41, 5.74) is 0. The maximum Gasteiger partial charge on any atom is 0.245 e. The highest BCUT2D eigenvalue weighted by Gasteiger charge is 2.24. The van der Waals surface area contributed by atoms with Crippen molar-refractivity contribution in [1.29, 1.82) is 0 Å². The van der Waals surface area contributed by atoms with Gasteiger partial charge in [-0.2, -0.15) is 0 Å². The minimum Gasteiger partial charge on any atom is -0.497 e. The number of sulfonamides is 1. The molecule has 0 aliphatic carbocycles. The first-order chi connectivity index (χ1) is 10.3. The predicted molar refractivity (Wildman–Crippen MR) is 83.3 cm³/mol. The fourth-order valence-electron chi connectivity index (χ4n) is 1.88. The first kappa shape index (κ1) is 16.9. The summed E-state index contributed by atoms with van der Waals surface area (Å²) >= 11 is 1.52. The van der Waals surface area contributed by atoms with Crippen LogP contribution in [0.3, 0.4) is 0 Å². The van der Waals surface area contributed by atoms with E-state index in [0.29, 0.717) is 6.42 Å². The Hall–Kier alpha value is -1.51. The zero-order valence-electron chi connectivity index (χ0n) is 12.5. The Morgan fingerprint density at radius 3 is 2.68 bits per heavy atom. The van der Waals surface area contributed by atoms with Gasteiger partial charge in [-0.1, -0.05) is 0 Å². The third-order valence-electron chi connectivity index (χ3n) is 3.14. The van der Waals surface area contributed by atoms with Gasteiger partial charge in [0.25, 0.3) is 0 Å². The van der Waals surface area contributed by atoms with Crippen LogP contribution in [0.25, 0.3) is 0 Å². The average Bonchev–Trinajstić information content (AvgIpc) is 2.89. The number of thiazole rings is 1. The first-order valence-electron chi connectivity index (χ1n) is 6.56. The number of methoxy groups -OCH3 is 1. The summed E-state index contributed by atoms with van der Waals surface area (Å²) in [5.74, 6) is -0.548. The second kappa shape index (κ2) is 6.72. The van der Waals surface area contributed by atoms with Crippen molar-refractivity contribution in [1.82, 2.24) is 9.29 Å². The topological polar surface area (TPSA) is 59.5 Å². The van der Waals surface area contributed by atoms with Gasteiger partial charge in [0.2, 0.25) is 10.0 Å². The van der Waals surface area contributed by atoms with E-state index in [0.717, 1.165) is 20.3 Å². The van der Waals surface area contributed by atoms with Crippen LogP contribution in [0.15, 0.2) is 29.3 Å². The molecule has 8 heteroatoms. The van der Waals surface area contributed by atoms with Crippen molar-refractivity contribution in [3.05, 3.63) is 40.1 Å². The molecule has 0 unspecified atom stereocenters. The molecule has 5 nitrogen and oxygen atoms in total. The van der Waals surface area contributed by atoms with Gasteiger partial charge in [-0.05, 0) is 19.1 Å². The number of aromatic nitrogens is 1. The fourth-order valence-corrected chi connectivity index (χ4v) is 3.86. The molecule has 0 aliphatic heterocycles. The molecule has 0 N–H and O–H groups in total. The van der Waals surface area contributed by atoms with Crippen LogP contribution >= 0.6 is 11.3 Å². The van der Waals surface area contributed by atoms with E-state index in [1.54, 1.807) is 6.20 Å². The third-order valence-corrected chi connectivity index (χ3v) is 6.00. The molecule has 0 radical (unpaired) electrons. The molecule has 0 amide bonds. The van der Waals surface area contributed by atoms with Crippen molar-refractivity contribution in [2.45, 2.75) is 18.2 Å². The summed E-state index contributed by atoms with van der Waals surface area (Å²) in [5, 5.41) is 0.856. The molecule has 22 heavy (non-hydrogen) atoms. The van der Waals surface area contributed by atoms with Crippen LogP contribution < -0.4 is 4.74 Å². The molecule has 1 aromatic heterocycles. The van der Waals surface area contributed by atoms with Crippen molar-refractivity contribution < 1.29 is 17.5 Å². The molecule has 1 aromatic carbocycles. The van der Waals surface area contributed by atoms with Gasteiger partial charge < -0.3 is 4.74 Å². The summed E-state index contributed by atoms with van der Waals surface area (Å²) in [4.78, 5) is 4.90. The zero-order chi connectivity index (χ0) is 16.3. The number of ether oxygens (including phenoxy) is 1. The Labute approximate surface area is 133 Å². The lowest BCUT2D eigenvalue weighted by atomic mass is 10.3. The number of aryl methyl sites for hydroxylation is 1. The van der Waals surface area contributed by atoms with Crippen LogP contribution in [0, 0.1) is 12.7 Å². The van der Waals surface area contributed by atoms with Gasteiger partial charge in [0.15, 0.2) is 0 Å². The van der Waals surface area contributed by atoms with Crippen LogP contribution in [0.5, 0.6) is 5.75 Å². The van der Waals surface area contributed by atoms with Gasteiger partial charge in [0.05, 0.1) is 12.1 Å². The summed E-state index contributed by atoms with van der Waals surface area (Å²) in [6, 6.07) is 3.70. The summed E-state index contributed by atoms with van der Waals surface area (Å²) < 4.78 is 44.8. The lowest BCUT2D eigenvalue weighted by Crippen LogP contribution is -2.29. The van der Waals surface area contributed by atoms with E-state index in [2.05, 4.69) is 4.98 Å². The van der Waals surface area contributed by atoms with E-state index in [9.17, 15) is 12.8 Å². The predicted octanol–water partition coefficient (Wildman–Crippen LogP) is 2.46. The minimum absolute atomic E-state index is 0.237. The molecular formula is C14H17FN2O3S2. The number of likely N-dealkylation sites (N-methyl/N-ethyl adjacent to an activating group) is 1. The largest absolute Gasteiger partial charge is 0.497 e. The normalized spacial score (nSPS) is 11.9. The van der Waals surface area contributed by atoms with E-state index in [1.807, 2.05) is 6.92 Å². The van der Waals surface area contributed by atoms with E-state index >= 15 is 0 Å². The summed E-state index contributed by atoms with van der Waals surface area (Å²) in [7, 11) is -1.05. The van der Waals surface area contributed by atoms with E-state index in [-0.39, 0.29) is 17.2 Å². The standard InChI is InChI=1S/C14H17FN2O3S2/c1-10-9-16-14(21-10)6-7-17(2)22(18,19)13-5-4-11(20-3)8-12(13)15/h4-5,8-9H,6-7H2,1-3H3. The lowest BCUT2D eigenvalue weighted by Gasteiger charge is -2.17. The highest BCUT2D eigenvalue weighted by atomic mass is 32.2. The zero-order valence-corrected chi connectivity index (χ0v) is 14.2. The molecule has 1 heterocycles. The third kappa shape index (κ3) is 3.63. The molecule has 0 aliphatic rings. The molecular weight excluding hydrogens is 327 g/mol. The van der Waals surface area contributed by atoms with Crippen LogP contribution in [0.1, 0.15) is 9.88 Å². The Morgan fingerprint density at radius 2 is 2.14 bits per heavy atom. The second-order valence-corrected chi connectivity index (χ2v) is 8.07. The molecule has 0 bridgehead atoms. The molecule has 0 atom stereocenters. The highest BCUT2D eigenvalue weighted by Crippen LogP contribution is 2.23. The Kier molecular flexibility index (Phi) is 5.15. The van der Waals surface area contributed by atoms with Crippen molar-refractivity contribution in [2.75, 3.05) is 20.7 Å². The Bertz CT molecular complexity index is 759. The number of hydrogen-bond donors (Lipinski definition) is 0. The van der Waals surface area contributed by atoms with Crippen molar-refractivity contribution in [3.8, 4) is 5.75 Å². The SMILES string of the molecule is COc1ccc(S(=O)(=O)N(C)CCc2ncc(C)s2)c(F)c1. The number of rotatable bonds is 6. The molecule has 0 saturated heterocycles. The molecule has 0 saturated carbocycles. The average molecular weight is 344 g/mol. The second-order valence-electron chi connectivity index (χ2n) is 4.74. The van der Waals surface area contributed by atoms with Gasteiger partial charge >= 0.3 is 0 Å². The number of benzene rings is 1. The summed E-state index contributed by atoms with van der Waals surface area (Å²) in [6.45, 7) is 2.18. The fraction of sp³-hybridized carbons (Fsp3) is 0.357. The number of nitrogens with zero attached hydrogens (tertiary/aromatic N) is 2. The molecule has 0 spiro atoms. The van der Waals surface area contributed by atoms with Crippen LogP contribution in [0.2, 0.25) is 0 Å². The summed E-state index contributed by atoms with van der Waals surface area (Å²) in [6.07, 6.45) is 2.24. The monoisotopic (exact) mass is 344 g/mol. The Morgan fingerprint density at radius 1 is 1.41 bits per heavy atom. The smallest absolute Gasteiger partial charge is 0.245 e. The van der Waals surface area contributed by atoms with E-state index < -0.39 is 15.8 Å². The maximum absolute atomic E-state index is 14.0. The first-order valence-corrected chi connectivity index (χ1v) is 8.81. The van der Waals surface area contributed by atoms with Crippen LogP contribution in [-0.4, -0.2) is 38.4 Å². The molecule has 120 valence electrons. The van der Waals surface area contributed by atoms with Gasteiger partial charge in [0, 0.05) is 37.2 Å². The quantitative estimate of drug-likeness (QED) is 0.808.